The van der Waals surface area contributed by atoms with Crippen LogP contribution in [0.3, 0.4) is 0 Å². The molecule has 0 aliphatic carbocycles. The van der Waals surface area contributed by atoms with Crippen molar-refractivity contribution in [3.05, 3.63) is 78.0 Å². The highest BCUT2D eigenvalue weighted by molar-refractivity contribution is 6.09. The molecule has 186 valence electrons. The summed E-state index contributed by atoms with van der Waals surface area (Å²) < 4.78 is 4.53. The zero-order valence-electron chi connectivity index (χ0n) is 21.4. The van der Waals surface area contributed by atoms with E-state index in [-0.39, 0.29) is 5.57 Å². The second-order valence-electron chi connectivity index (χ2n) is 9.54. The molecule has 0 spiro atoms. The minimum Gasteiger partial charge on any atom is -0.477 e. The summed E-state index contributed by atoms with van der Waals surface area (Å²) in [6, 6.07) is 23.3. The van der Waals surface area contributed by atoms with E-state index in [4.69, 9.17) is 0 Å². The molecule has 0 bridgehead atoms. The van der Waals surface area contributed by atoms with E-state index in [9.17, 15) is 15.2 Å². The van der Waals surface area contributed by atoms with Crippen LogP contribution >= 0.6 is 0 Å². The van der Waals surface area contributed by atoms with Crippen molar-refractivity contribution in [3.63, 3.8) is 0 Å². The van der Waals surface area contributed by atoms with Gasteiger partial charge in [0.2, 0.25) is 0 Å². The molecule has 0 atom stereocenters. The van der Waals surface area contributed by atoms with Gasteiger partial charge in [0.25, 0.3) is 0 Å². The summed E-state index contributed by atoms with van der Waals surface area (Å²) in [5, 5.41) is 22.2. The van der Waals surface area contributed by atoms with Crippen molar-refractivity contribution >= 4 is 44.8 Å². The second kappa shape index (κ2) is 10.4. The lowest BCUT2D eigenvalue weighted by Crippen LogP contribution is -1.97. The van der Waals surface area contributed by atoms with Crippen LogP contribution in [-0.2, 0) is 17.9 Å². The van der Waals surface area contributed by atoms with Crippen LogP contribution in [0.4, 0.5) is 0 Å². The third-order valence-corrected chi connectivity index (χ3v) is 7.24. The van der Waals surface area contributed by atoms with Gasteiger partial charge in [0.15, 0.2) is 0 Å². The number of rotatable bonds is 9. The van der Waals surface area contributed by atoms with Gasteiger partial charge in [0, 0.05) is 57.6 Å². The van der Waals surface area contributed by atoms with Crippen molar-refractivity contribution < 1.29 is 9.90 Å². The van der Waals surface area contributed by atoms with E-state index in [1.807, 2.05) is 12.3 Å². The van der Waals surface area contributed by atoms with Crippen LogP contribution in [0.25, 0.3) is 49.9 Å². The number of carboxylic acid groups (broad SMARTS) is 1. The van der Waals surface area contributed by atoms with Gasteiger partial charge in [-0.3, -0.25) is 0 Å². The minimum atomic E-state index is -1.21. The van der Waals surface area contributed by atoms with Crippen LogP contribution in [-0.4, -0.2) is 20.2 Å². The fourth-order valence-electron chi connectivity index (χ4n) is 5.38. The Morgan fingerprint density at radius 3 is 2.30 bits per heavy atom. The van der Waals surface area contributed by atoms with Crippen molar-refractivity contribution in [1.82, 2.24) is 9.13 Å². The molecule has 5 rings (SSSR count). The predicted octanol–water partition coefficient (Wildman–Crippen LogP) is 8.01. The summed E-state index contributed by atoms with van der Waals surface area (Å²) in [7, 11) is 0. The quantitative estimate of drug-likeness (QED) is 0.129. The molecule has 2 aromatic heterocycles. The molecule has 5 nitrogen and oxygen atoms in total. The molecule has 1 N–H and O–H groups in total. The van der Waals surface area contributed by atoms with Gasteiger partial charge in [0.1, 0.15) is 11.6 Å². The number of benzene rings is 3. The largest absolute Gasteiger partial charge is 0.477 e. The molecular formula is C32H31N3O2. The number of carboxylic acids is 1. The van der Waals surface area contributed by atoms with Crippen LogP contribution < -0.4 is 0 Å². The third kappa shape index (κ3) is 4.51. The highest BCUT2D eigenvalue weighted by Gasteiger charge is 2.14. The topological polar surface area (TPSA) is 70.9 Å². The van der Waals surface area contributed by atoms with Crippen molar-refractivity contribution in [2.45, 2.75) is 52.6 Å². The van der Waals surface area contributed by atoms with E-state index >= 15 is 0 Å². The zero-order chi connectivity index (χ0) is 25.9. The average molecular weight is 490 g/mol. The second-order valence-corrected chi connectivity index (χ2v) is 9.54. The number of nitrogens with zero attached hydrogens (tertiary/aromatic N) is 3. The first kappa shape index (κ1) is 24.4. The molecule has 0 aliphatic heterocycles. The Morgan fingerprint density at radius 2 is 1.59 bits per heavy atom. The number of carbonyl (C=O) groups is 1. The molecular weight excluding hydrogens is 458 g/mol. The summed E-state index contributed by atoms with van der Waals surface area (Å²) in [6.07, 6.45) is 8.07. The smallest absolute Gasteiger partial charge is 0.346 e. The lowest BCUT2D eigenvalue weighted by molar-refractivity contribution is -0.132. The first-order valence-corrected chi connectivity index (χ1v) is 13.0. The van der Waals surface area contributed by atoms with Crippen molar-refractivity contribution in [2.75, 3.05) is 0 Å². The Balaban J connectivity index is 1.64. The standard InChI is InChI=1S/C32H31N3O2/c1-3-5-6-9-16-34-21-25(17-24(20-33)32(36)37)27-18-22(12-14-29(27)34)23-13-15-31-28(19-23)26-10-7-8-11-30(26)35(31)4-2/h7-8,10-15,17-19,21H,3-6,9,16H2,1-2H3,(H,36,37). The Morgan fingerprint density at radius 1 is 0.892 bits per heavy atom. The molecule has 2 heterocycles. The van der Waals surface area contributed by atoms with Gasteiger partial charge in [0.05, 0.1) is 0 Å². The summed E-state index contributed by atoms with van der Waals surface area (Å²) in [5.41, 5.74) is 6.18. The Kier molecular flexibility index (Phi) is 6.83. The van der Waals surface area contributed by atoms with Crippen LogP contribution in [0, 0.1) is 11.3 Å². The van der Waals surface area contributed by atoms with Gasteiger partial charge < -0.3 is 14.2 Å². The SMILES string of the molecule is CCCCCCn1cc(C=C(C#N)C(=O)O)c2cc(-c3ccc4c(c3)c3ccccc3n4CC)ccc21. The normalized spacial score (nSPS) is 12.0. The molecule has 0 radical (unpaired) electrons. The van der Waals surface area contributed by atoms with Crippen molar-refractivity contribution in [3.8, 4) is 17.2 Å². The Hall–Kier alpha value is -4.30. The average Bonchev–Trinajstić information content (AvgIpc) is 3.43. The lowest BCUT2D eigenvalue weighted by Gasteiger charge is -2.08. The Bertz CT molecular complexity index is 1690. The highest BCUT2D eigenvalue weighted by atomic mass is 16.4. The number of hydrogen-bond donors (Lipinski definition) is 1. The summed E-state index contributed by atoms with van der Waals surface area (Å²) >= 11 is 0. The zero-order valence-corrected chi connectivity index (χ0v) is 21.4. The monoisotopic (exact) mass is 489 g/mol. The number of fused-ring (bicyclic) bond motifs is 4. The Labute approximate surface area is 216 Å². The molecule has 0 saturated carbocycles. The van der Waals surface area contributed by atoms with E-state index in [1.54, 1.807) is 0 Å². The summed E-state index contributed by atoms with van der Waals surface area (Å²) in [4.78, 5) is 11.6. The highest BCUT2D eigenvalue weighted by Crippen LogP contribution is 2.35. The number of hydrogen-bond acceptors (Lipinski definition) is 2. The minimum absolute atomic E-state index is 0.260. The molecule has 0 amide bonds. The van der Waals surface area contributed by atoms with Crippen LogP contribution in [0.15, 0.2) is 72.4 Å². The van der Waals surface area contributed by atoms with Gasteiger partial charge in [-0.1, -0.05) is 56.5 Å². The number of aromatic nitrogens is 2. The maximum atomic E-state index is 11.6. The van der Waals surface area contributed by atoms with Crippen LogP contribution in [0.2, 0.25) is 0 Å². The molecule has 0 aliphatic rings. The van der Waals surface area contributed by atoms with Gasteiger partial charge in [-0.2, -0.15) is 5.26 Å². The van der Waals surface area contributed by atoms with E-state index < -0.39 is 5.97 Å². The van der Waals surface area contributed by atoms with E-state index in [1.165, 1.54) is 40.7 Å². The first-order chi connectivity index (χ1) is 18.0. The van der Waals surface area contributed by atoms with Gasteiger partial charge in [-0.15, -0.1) is 0 Å². The molecule has 37 heavy (non-hydrogen) atoms. The summed E-state index contributed by atoms with van der Waals surface area (Å²) in [6.45, 7) is 6.13. The molecule has 3 aromatic carbocycles. The van der Waals surface area contributed by atoms with Crippen molar-refractivity contribution in [1.29, 1.82) is 5.26 Å². The van der Waals surface area contributed by atoms with Crippen LogP contribution in [0.1, 0.15) is 45.1 Å². The number of para-hydroxylation sites is 1. The summed E-state index contributed by atoms with van der Waals surface area (Å²) in [5.74, 6) is -1.21. The molecule has 0 fully saturated rings. The number of unbranched alkanes of at least 4 members (excludes halogenated alkanes) is 3. The number of nitriles is 1. The maximum absolute atomic E-state index is 11.6. The fraction of sp³-hybridized carbons (Fsp3) is 0.250. The maximum Gasteiger partial charge on any atom is 0.346 e. The molecule has 0 unspecified atom stereocenters. The van der Waals surface area contributed by atoms with Crippen LogP contribution in [0.5, 0.6) is 0 Å². The first-order valence-electron chi connectivity index (χ1n) is 13.0. The van der Waals surface area contributed by atoms with E-state index in [0.717, 1.165) is 53.5 Å². The van der Waals surface area contributed by atoms with Gasteiger partial charge in [-0.25, -0.2) is 4.79 Å². The fourth-order valence-corrected chi connectivity index (χ4v) is 5.38. The number of aliphatic carboxylic acids is 1. The van der Waals surface area contributed by atoms with E-state index in [2.05, 4.69) is 83.6 Å². The third-order valence-electron chi connectivity index (χ3n) is 7.24. The molecule has 5 aromatic rings. The van der Waals surface area contributed by atoms with Crippen molar-refractivity contribution in [2.24, 2.45) is 0 Å². The van der Waals surface area contributed by atoms with Gasteiger partial charge in [-0.05, 0) is 60.9 Å². The number of aryl methyl sites for hydroxylation is 2. The predicted molar refractivity (Wildman–Crippen MR) is 151 cm³/mol. The molecule has 5 heteroatoms. The molecule has 0 saturated heterocycles. The van der Waals surface area contributed by atoms with E-state index in [0.29, 0.717) is 0 Å². The van der Waals surface area contributed by atoms with Gasteiger partial charge >= 0.3 is 5.97 Å². The lowest BCUT2D eigenvalue weighted by atomic mass is 10.00.